The predicted molar refractivity (Wildman–Crippen MR) is 148 cm³/mol. The molecule has 1 aromatic rings. The summed E-state index contributed by atoms with van der Waals surface area (Å²) in [6.45, 7) is 2.86. The fourth-order valence-corrected chi connectivity index (χ4v) is 4.26. The van der Waals surface area contributed by atoms with Gasteiger partial charge < -0.3 is 20.5 Å². The van der Waals surface area contributed by atoms with Crippen LogP contribution in [0.15, 0.2) is 30.3 Å². The lowest BCUT2D eigenvalue weighted by Gasteiger charge is -2.14. The Balaban J connectivity index is 1.96. The van der Waals surface area contributed by atoms with Crippen molar-refractivity contribution in [2.75, 3.05) is 6.54 Å². The zero-order valence-corrected chi connectivity index (χ0v) is 23.0. The number of carboxylic acid groups (broad SMARTS) is 1. The molecule has 0 saturated heterocycles. The smallest absolute Gasteiger partial charge is 0.408 e. The molecule has 1 rings (SSSR count). The average Bonchev–Trinajstić information content (AvgIpc) is 2.89. The van der Waals surface area contributed by atoms with E-state index in [1.165, 1.54) is 70.6 Å². The first-order valence-electron chi connectivity index (χ1n) is 14.5. The molecule has 37 heavy (non-hydrogen) atoms. The molecular formula is C30H50N2O5. The van der Waals surface area contributed by atoms with Crippen molar-refractivity contribution in [3.05, 3.63) is 35.9 Å². The molecule has 210 valence electrons. The number of rotatable bonds is 23. The van der Waals surface area contributed by atoms with E-state index >= 15 is 0 Å². The van der Waals surface area contributed by atoms with Gasteiger partial charge in [-0.3, -0.25) is 4.79 Å². The normalized spacial score (nSPS) is 11.6. The van der Waals surface area contributed by atoms with Crippen LogP contribution in [0.25, 0.3) is 0 Å². The number of benzene rings is 1. The lowest BCUT2D eigenvalue weighted by atomic mass is 10.0. The minimum Gasteiger partial charge on any atom is -0.480 e. The van der Waals surface area contributed by atoms with E-state index in [-0.39, 0.29) is 18.9 Å². The van der Waals surface area contributed by atoms with Crippen molar-refractivity contribution in [3.63, 3.8) is 0 Å². The van der Waals surface area contributed by atoms with Gasteiger partial charge in [-0.2, -0.15) is 0 Å². The molecule has 7 nitrogen and oxygen atoms in total. The third kappa shape index (κ3) is 19.2. The molecule has 2 amide bonds. The Morgan fingerprint density at radius 3 is 1.92 bits per heavy atom. The van der Waals surface area contributed by atoms with Crippen molar-refractivity contribution in [2.24, 2.45) is 0 Å². The van der Waals surface area contributed by atoms with Crippen LogP contribution in [0.1, 0.15) is 122 Å². The molecule has 0 aliphatic carbocycles. The van der Waals surface area contributed by atoms with E-state index < -0.39 is 18.1 Å². The van der Waals surface area contributed by atoms with Gasteiger partial charge in [0.05, 0.1) is 0 Å². The molecule has 0 bridgehead atoms. The second kappa shape index (κ2) is 22.6. The van der Waals surface area contributed by atoms with Crippen molar-refractivity contribution < 1.29 is 24.2 Å². The second-order valence-electron chi connectivity index (χ2n) is 9.94. The summed E-state index contributed by atoms with van der Waals surface area (Å²) < 4.78 is 5.10. The van der Waals surface area contributed by atoms with Crippen molar-refractivity contribution in [1.82, 2.24) is 10.6 Å². The predicted octanol–water partition coefficient (Wildman–Crippen LogP) is 7.13. The van der Waals surface area contributed by atoms with Crippen molar-refractivity contribution in [2.45, 2.75) is 129 Å². The molecule has 0 aliphatic rings. The molecule has 0 heterocycles. The monoisotopic (exact) mass is 518 g/mol. The zero-order valence-electron chi connectivity index (χ0n) is 23.0. The molecule has 0 spiro atoms. The highest BCUT2D eigenvalue weighted by molar-refractivity contribution is 5.79. The molecular weight excluding hydrogens is 468 g/mol. The molecule has 0 fully saturated rings. The van der Waals surface area contributed by atoms with Crippen molar-refractivity contribution in [3.8, 4) is 0 Å². The number of aliphatic carboxylic acids is 1. The highest BCUT2D eigenvalue weighted by Gasteiger charge is 2.20. The lowest BCUT2D eigenvalue weighted by molar-refractivity contribution is -0.139. The number of carbonyl (C=O) groups is 3. The molecule has 1 unspecified atom stereocenters. The molecule has 7 heteroatoms. The summed E-state index contributed by atoms with van der Waals surface area (Å²) in [5, 5.41) is 14.7. The van der Waals surface area contributed by atoms with Crippen LogP contribution in [0.3, 0.4) is 0 Å². The Kier molecular flexibility index (Phi) is 19.8. The molecule has 0 saturated carbocycles. The zero-order chi connectivity index (χ0) is 27.0. The number of alkyl carbamates (subject to hydrolysis) is 1. The Hall–Kier alpha value is -2.57. The third-order valence-corrected chi connectivity index (χ3v) is 6.55. The number of amides is 2. The standard InChI is InChI=1S/C30H50N2O5/c1-2-3-4-5-6-7-8-9-10-11-12-13-17-23-28(33)31-24-19-18-22-27(29(34)35)32-30(36)37-25-26-20-15-14-16-21-26/h14-16,20-21,27H,2-13,17-19,22-25H2,1H3,(H,31,33)(H,32,36)(H,34,35). The van der Waals surface area contributed by atoms with E-state index in [1.54, 1.807) is 0 Å². The third-order valence-electron chi connectivity index (χ3n) is 6.55. The van der Waals surface area contributed by atoms with E-state index in [0.29, 0.717) is 25.8 Å². The summed E-state index contributed by atoms with van der Waals surface area (Å²) in [5.41, 5.74) is 0.832. The number of hydrogen-bond donors (Lipinski definition) is 3. The number of nitrogens with one attached hydrogen (secondary N) is 2. The van der Waals surface area contributed by atoms with Gasteiger partial charge in [-0.05, 0) is 31.2 Å². The quantitative estimate of drug-likeness (QED) is 0.134. The Morgan fingerprint density at radius 1 is 0.784 bits per heavy atom. The van der Waals surface area contributed by atoms with E-state index in [0.717, 1.165) is 18.4 Å². The fourth-order valence-electron chi connectivity index (χ4n) is 4.26. The summed E-state index contributed by atoms with van der Waals surface area (Å²) in [7, 11) is 0. The SMILES string of the molecule is CCCCCCCCCCCCCCCC(=O)NCCCCC(NC(=O)OCc1ccccc1)C(=O)O. The number of hydrogen-bond acceptors (Lipinski definition) is 4. The molecule has 3 N–H and O–H groups in total. The lowest BCUT2D eigenvalue weighted by Crippen LogP contribution is -2.41. The van der Waals surface area contributed by atoms with Gasteiger partial charge >= 0.3 is 12.1 Å². The first-order valence-corrected chi connectivity index (χ1v) is 14.5. The highest BCUT2D eigenvalue weighted by atomic mass is 16.5. The van der Waals surface area contributed by atoms with Gasteiger partial charge in [0.25, 0.3) is 0 Å². The van der Waals surface area contributed by atoms with Gasteiger partial charge in [0.1, 0.15) is 12.6 Å². The van der Waals surface area contributed by atoms with Gasteiger partial charge in [-0.25, -0.2) is 9.59 Å². The van der Waals surface area contributed by atoms with E-state index in [1.807, 2.05) is 30.3 Å². The minimum atomic E-state index is -1.09. The van der Waals surface area contributed by atoms with Crippen LogP contribution in [0.2, 0.25) is 0 Å². The van der Waals surface area contributed by atoms with Gasteiger partial charge in [0.15, 0.2) is 0 Å². The fraction of sp³-hybridized carbons (Fsp3) is 0.700. The number of ether oxygens (including phenoxy) is 1. The molecule has 0 radical (unpaired) electrons. The minimum absolute atomic E-state index is 0.0560. The van der Waals surface area contributed by atoms with Crippen LogP contribution in [-0.2, 0) is 20.9 Å². The molecule has 1 atom stereocenters. The maximum absolute atomic E-state index is 12.0. The summed E-state index contributed by atoms with van der Waals surface area (Å²) in [6.07, 6.45) is 18.0. The van der Waals surface area contributed by atoms with Gasteiger partial charge in [-0.1, -0.05) is 114 Å². The first-order chi connectivity index (χ1) is 18.0. The first kappa shape index (κ1) is 32.5. The van der Waals surface area contributed by atoms with Crippen LogP contribution in [0.5, 0.6) is 0 Å². The topological polar surface area (TPSA) is 105 Å². The van der Waals surface area contributed by atoms with Crippen LogP contribution < -0.4 is 10.6 Å². The van der Waals surface area contributed by atoms with Crippen LogP contribution in [0.4, 0.5) is 4.79 Å². The largest absolute Gasteiger partial charge is 0.480 e. The highest BCUT2D eigenvalue weighted by Crippen LogP contribution is 2.13. The Morgan fingerprint density at radius 2 is 1.35 bits per heavy atom. The number of carboxylic acids is 1. The molecule has 0 aromatic heterocycles. The maximum atomic E-state index is 12.0. The number of carbonyl (C=O) groups excluding carboxylic acids is 2. The van der Waals surface area contributed by atoms with Gasteiger partial charge in [0, 0.05) is 13.0 Å². The van der Waals surface area contributed by atoms with Crippen LogP contribution >= 0.6 is 0 Å². The van der Waals surface area contributed by atoms with E-state index in [9.17, 15) is 19.5 Å². The van der Waals surface area contributed by atoms with E-state index in [4.69, 9.17) is 4.74 Å². The molecule has 0 aliphatic heterocycles. The van der Waals surface area contributed by atoms with Crippen LogP contribution in [-0.4, -0.2) is 35.7 Å². The second-order valence-corrected chi connectivity index (χ2v) is 9.94. The summed E-state index contributed by atoms with van der Waals surface area (Å²) >= 11 is 0. The van der Waals surface area contributed by atoms with Crippen LogP contribution in [0, 0.1) is 0 Å². The van der Waals surface area contributed by atoms with E-state index in [2.05, 4.69) is 17.6 Å². The summed E-state index contributed by atoms with van der Waals surface area (Å²) in [4.78, 5) is 35.4. The Labute approximate surface area is 224 Å². The number of unbranched alkanes of at least 4 members (excludes halogenated alkanes) is 13. The maximum Gasteiger partial charge on any atom is 0.408 e. The summed E-state index contributed by atoms with van der Waals surface area (Å²) in [6, 6.07) is 8.20. The summed E-state index contributed by atoms with van der Waals surface area (Å²) in [5.74, 6) is -1.04. The van der Waals surface area contributed by atoms with Crippen molar-refractivity contribution >= 4 is 18.0 Å². The van der Waals surface area contributed by atoms with Crippen molar-refractivity contribution in [1.29, 1.82) is 0 Å². The van der Waals surface area contributed by atoms with Gasteiger partial charge in [-0.15, -0.1) is 0 Å². The Bertz CT molecular complexity index is 726. The molecule has 1 aromatic carbocycles. The van der Waals surface area contributed by atoms with Gasteiger partial charge in [0.2, 0.25) is 5.91 Å². The average molecular weight is 519 g/mol.